The summed E-state index contributed by atoms with van der Waals surface area (Å²) in [4.78, 5) is 23.5. The maximum Gasteiger partial charge on any atom is 0.328 e. The maximum atomic E-state index is 12.3. The Morgan fingerprint density at radius 1 is 1.50 bits per heavy atom. The van der Waals surface area contributed by atoms with Crippen LogP contribution >= 0.6 is 0 Å². The number of rotatable bonds is 8. The van der Waals surface area contributed by atoms with Crippen LogP contribution in [0.1, 0.15) is 5.56 Å². The monoisotopic (exact) mass is 333 g/mol. The Bertz CT molecular complexity index is 667. The first-order chi connectivity index (χ1) is 11.6. The van der Waals surface area contributed by atoms with Crippen LogP contribution in [-0.2, 0) is 14.3 Å². The Labute approximate surface area is 139 Å². The van der Waals surface area contributed by atoms with Gasteiger partial charge in [-0.3, -0.25) is 4.79 Å². The minimum absolute atomic E-state index is 0.0268. The molecule has 1 unspecified atom stereocenters. The molecule has 1 aliphatic heterocycles. The van der Waals surface area contributed by atoms with Crippen molar-refractivity contribution < 1.29 is 28.9 Å². The largest absolute Gasteiger partial charge is 0.493 e. The van der Waals surface area contributed by atoms with E-state index in [2.05, 4.69) is 11.9 Å². The molecule has 0 aromatic heterocycles. The third-order valence-electron chi connectivity index (χ3n) is 3.35. The number of para-hydroxylation sites is 1. The van der Waals surface area contributed by atoms with Crippen LogP contribution in [-0.4, -0.2) is 50.0 Å². The summed E-state index contributed by atoms with van der Waals surface area (Å²) >= 11 is 0. The van der Waals surface area contributed by atoms with Crippen molar-refractivity contribution in [2.24, 2.45) is 0 Å². The van der Waals surface area contributed by atoms with Gasteiger partial charge in [0, 0.05) is 5.56 Å². The number of fused-ring (bicyclic) bond motifs is 1. The standard InChI is InChI=1S/C17H19NO6/c1-3-7-23-10-13(17(20)21)18-16(19)12-8-11-5-4-6-14(22-2)15(11)24-9-12/h3-6,8,13H,1,7,9-10H2,2H3,(H,18,19)(H,20,21). The minimum Gasteiger partial charge on any atom is -0.493 e. The van der Waals surface area contributed by atoms with Crippen LogP contribution < -0.4 is 14.8 Å². The molecule has 0 saturated carbocycles. The van der Waals surface area contributed by atoms with Crippen molar-refractivity contribution in [2.75, 3.05) is 26.9 Å². The van der Waals surface area contributed by atoms with Crippen molar-refractivity contribution >= 4 is 18.0 Å². The Morgan fingerprint density at radius 2 is 2.29 bits per heavy atom. The predicted octanol–water partition coefficient (Wildman–Crippen LogP) is 1.24. The van der Waals surface area contributed by atoms with E-state index in [1.165, 1.54) is 13.2 Å². The van der Waals surface area contributed by atoms with Crippen LogP contribution in [0.25, 0.3) is 6.08 Å². The van der Waals surface area contributed by atoms with E-state index in [4.69, 9.17) is 19.3 Å². The lowest BCUT2D eigenvalue weighted by Crippen LogP contribution is -2.45. The van der Waals surface area contributed by atoms with E-state index in [1.807, 2.05) is 0 Å². The lowest BCUT2D eigenvalue weighted by atomic mass is 10.1. The number of amides is 1. The zero-order valence-electron chi connectivity index (χ0n) is 13.3. The van der Waals surface area contributed by atoms with E-state index in [0.717, 1.165) is 0 Å². The van der Waals surface area contributed by atoms with Gasteiger partial charge in [-0.1, -0.05) is 18.2 Å². The van der Waals surface area contributed by atoms with Crippen molar-refractivity contribution in [3.05, 3.63) is 42.0 Å². The van der Waals surface area contributed by atoms with Gasteiger partial charge in [-0.15, -0.1) is 6.58 Å². The fourth-order valence-corrected chi connectivity index (χ4v) is 2.17. The lowest BCUT2D eigenvalue weighted by molar-refractivity contribution is -0.143. The van der Waals surface area contributed by atoms with Gasteiger partial charge >= 0.3 is 5.97 Å². The van der Waals surface area contributed by atoms with Gasteiger partial charge < -0.3 is 24.6 Å². The highest BCUT2D eigenvalue weighted by atomic mass is 16.5. The molecule has 0 fully saturated rings. The van der Waals surface area contributed by atoms with E-state index in [-0.39, 0.29) is 19.8 Å². The smallest absolute Gasteiger partial charge is 0.328 e. The van der Waals surface area contributed by atoms with E-state index < -0.39 is 17.9 Å². The Morgan fingerprint density at radius 3 is 2.96 bits per heavy atom. The minimum atomic E-state index is -1.17. The summed E-state index contributed by atoms with van der Waals surface area (Å²) in [6, 6.07) is 4.17. The number of ether oxygens (including phenoxy) is 3. The quantitative estimate of drug-likeness (QED) is 0.549. The predicted molar refractivity (Wildman–Crippen MR) is 87.0 cm³/mol. The van der Waals surface area contributed by atoms with Crippen LogP contribution in [0.4, 0.5) is 0 Å². The molecule has 0 radical (unpaired) electrons. The number of benzene rings is 1. The Kier molecular flexibility index (Phi) is 5.97. The Balaban J connectivity index is 2.10. The van der Waals surface area contributed by atoms with Gasteiger partial charge in [0.25, 0.3) is 5.91 Å². The van der Waals surface area contributed by atoms with Crippen LogP contribution in [0.2, 0.25) is 0 Å². The summed E-state index contributed by atoms with van der Waals surface area (Å²) in [7, 11) is 1.53. The molecule has 0 aliphatic carbocycles. The molecule has 7 nitrogen and oxygen atoms in total. The average Bonchev–Trinajstić information content (AvgIpc) is 2.59. The van der Waals surface area contributed by atoms with Crippen LogP contribution in [0, 0.1) is 0 Å². The first-order valence-electron chi connectivity index (χ1n) is 7.29. The molecule has 1 heterocycles. The van der Waals surface area contributed by atoms with E-state index in [0.29, 0.717) is 22.6 Å². The van der Waals surface area contributed by atoms with Crippen molar-refractivity contribution in [1.29, 1.82) is 0 Å². The highest BCUT2D eigenvalue weighted by molar-refractivity contribution is 6.01. The fraction of sp³-hybridized carbons (Fsp3) is 0.294. The van der Waals surface area contributed by atoms with Gasteiger partial charge in [0.1, 0.15) is 6.61 Å². The second-order valence-electron chi connectivity index (χ2n) is 5.03. The molecule has 1 aromatic carbocycles. The summed E-state index contributed by atoms with van der Waals surface area (Å²) < 4.78 is 15.9. The average molecular weight is 333 g/mol. The summed E-state index contributed by atoms with van der Waals surface area (Å²) in [5.41, 5.74) is 1.02. The molecule has 0 saturated heterocycles. The molecule has 1 aliphatic rings. The van der Waals surface area contributed by atoms with Gasteiger partial charge in [-0.25, -0.2) is 4.79 Å². The topological polar surface area (TPSA) is 94.1 Å². The molecule has 2 N–H and O–H groups in total. The molecule has 24 heavy (non-hydrogen) atoms. The Hall–Kier alpha value is -2.80. The summed E-state index contributed by atoms with van der Waals surface area (Å²) in [5.74, 6) is -0.560. The third-order valence-corrected chi connectivity index (χ3v) is 3.35. The molecule has 2 rings (SSSR count). The molecule has 7 heteroatoms. The number of aliphatic carboxylic acids is 1. The molecular formula is C17H19NO6. The van der Waals surface area contributed by atoms with Crippen LogP contribution in [0.5, 0.6) is 11.5 Å². The maximum absolute atomic E-state index is 12.3. The number of hydrogen-bond acceptors (Lipinski definition) is 5. The van der Waals surface area contributed by atoms with E-state index in [1.54, 1.807) is 24.3 Å². The molecule has 1 amide bonds. The number of methoxy groups -OCH3 is 1. The molecule has 1 aromatic rings. The highest BCUT2D eigenvalue weighted by Gasteiger charge is 2.25. The third kappa shape index (κ3) is 4.14. The highest BCUT2D eigenvalue weighted by Crippen LogP contribution is 2.35. The number of hydrogen-bond donors (Lipinski definition) is 2. The van der Waals surface area contributed by atoms with Gasteiger partial charge in [-0.05, 0) is 12.1 Å². The van der Waals surface area contributed by atoms with Crippen LogP contribution in [0.3, 0.4) is 0 Å². The van der Waals surface area contributed by atoms with Crippen molar-refractivity contribution in [3.8, 4) is 11.5 Å². The molecule has 0 bridgehead atoms. The molecular weight excluding hydrogens is 314 g/mol. The van der Waals surface area contributed by atoms with Gasteiger partial charge in [0.2, 0.25) is 0 Å². The van der Waals surface area contributed by atoms with Gasteiger partial charge in [0.15, 0.2) is 17.5 Å². The number of carboxylic acid groups (broad SMARTS) is 1. The summed E-state index contributed by atoms with van der Waals surface area (Å²) in [5, 5.41) is 11.6. The fourth-order valence-electron chi connectivity index (χ4n) is 2.17. The first kappa shape index (κ1) is 17.6. The number of nitrogens with one attached hydrogen (secondary N) is 1. The number of carboxylic acids is 1. The molecule has 128 valence electrons. The lowest BCUT2D eigenvalue weighted by Gasteiger charge is -2.21. The van der Waals surface area contributed by atoms with E-state index >= 15 is 0 Å². The zero-order valence-corrected chi connectivity index (χ0v) is 13.3. The van der Waals surface area contributed by atoms with Crippen molar-refractivity contribution in [2.45, 2.75) is 6.04 Å². The van der Waals surface area contributed by atoms with E-state index in [9.17, 15) is 9.59 Å². The SMILES string of the molecule is C=CCOCC(NC(=O)C1=Cc2cccc(OC)c2OC1)C(=O)O. The number of carbonyl (C=O) groups is 2. The zero-order chi connectivity index (χ0) is 17.5. The van der Waals surface area contributed by atoms with Crippen molar-refractivity contribution in [3.63, 3.8) is 0 Å². The van der Waals surface area contributed by atoms with Gasteiger partial charge in [-0.2, -0.15) is 0 Å². The second kappa shape index (κ2) is 8.16. The van der Waals surface area contributed by atoms with Gasteiger partial charge in [0.05, 0.1) is 25.9 Å². The molecule has 1 atom stereocenters. The second-order valence-corrected chi connectivity index (χ2v) is 5.03. The normalized spacial score (nSPS) is 13.8. The van der Waals surface area contributed by atoms with Crippen molar-refractivity contribution in [1.82, 2.24) is 5.32 Å². The summed E-state index contributed by atoms with van der Waals surface area (Å²) in [6.45, 7) is 3.56. The first-order valence-corrected chi connectivity index (χ1v) is 7.29. The van der Waals surface area contributed by atoms with Crippen LogP contribution in [0.15, 0.2) is 36.4 Å². The summed E-state index contributed by atoms with van der Waals surface area (Å²) in [6.07, 6.45) is 3.16. The molecule has 0 spiro atoms. The number of carbonyl (C=O) groups excluding carboxylic acids is 1.